The molecule has 3 rings (SSSR count). The van der Waals surface area contributed by atoms with Crippen LogP contribution in [0, 0.1) is 6.92 Å². The molecule has 8 heteroatoms. The predicted octanol–water partition coefficient (Wildman–Crippen LogP) is 1.52. The summed E-state index contributed by atoms with van der Waals surface area (Å²) in [6, 6.07) is 2.14. The minimum absolute atomic E-state index is 0.0587. The van der Waals surface area contributed by atoms with Gasteiger partial charge in [0.25, 0.3) is 0 Å². The minimum atomic E-state index is -0.402. The lowest BCUT2D eigenvalue weighted by Crippen LogP contribution is -2.37. The van der Waals surface area contributed by atoms with Gasteiger partial charge in [-0.2, -0.15) is 4.98 Å². The summed E-state index contributed by atoms with van der Waals surface area (Å²) in [6.07, 6.45) is 0.449. The van der Waals surface area contributed by atoms with Crippen molar-refractivity contribution in [1.82, 2.24) is 15.3 Å². The van der Waals surface area contributed by atoms with Gasteiger partial charge in [0.15, 0.2) is 0 Å². The van der Waals surface area contributed by atoms with Crippen molar-refractivity contribution in [2.45, 2.75) is 19.4 Å². The molecule has 0 spiro atoms. The number of carbonyl (C=O) groups is 1. The van der Waals surface area contributed by atoms with Gasteiger partial charge in [-0.15, -0.1) is 11.3 Å². The van der Waals surface area contributed by atoms with Crippen molar-refractivity contribution in [2.24, 2.45) is 0 Å². The second-order valence-corrected chi connectivity index (χ2v) is 6.28. The Morgan fingerprint density at radius 1 is 1.57 bits per heavy atom. The molecule has 2 aromatic heterocycles. The van der Waals surface area contributed by atoms with E-state index in [4.69, 9.17) is 5.73 Å². The SMILES string of the molecule is COC(=O)NC1CCN(c2nc(N)nc3sc(C)cc23)C1. The van der Waals surface area contributed by atoms with Crippen molar-refractivity contribution in [3.8, 4) is 0 Å². The molecule has 0 bridgehead atoms. The van der Waals surface area contributed by atoms with Crippen molar-refractivity contribution in [3.63, 3.8) is 0 Å². The first kappa shape index (κ1) is 13.9. The van der Waals surface area contributed by atoms with Gasteiger partial charge in [0, 0.05) is 18.0 Å². The van der Waals surface area contributed by atoms with E-state index in [1.54, 1.807) is 11.3 Å². The van der Waals surface area contributed by atoms with Crippen LogP contribution in [-0.4, -0.2) is 42.3 Å². The van der Waals surface area contributed by atoms with Gasteiger partial charge >= 0.3 is 6.09 Å². The molecule has 2 aromatic rings. The zero-order chi connectivity index (χ0) is 15.0. The molecular formula is C13H17N5O2S. The van der Waals surface area contributed by atoms with Gasteiger partial charge in [-0.25, -0.2) is 9.78 Å². The fourth-order valence-corrected chi connectivity index (χ4v) is 3.46. The topological polar surface area (TPSA) is 93.4 Å². The van der Waals surface area contributed by atoms with E-state index in [-0.39, 0.29) is 12.0 Å². The first-order valence-electron chi connectivity index (χ1n) is 6.70. The summed E-state index contributed by atoms with van der Waals surface area (Å²) in [4.78, 5) is 24.2. The smallest absolute Gasteiger partial charge is 0.407 e. The van der Waals surface area contributed by atoms with E-state index in [0.717, 1.165) is 29.0 Å². The maximum absolute atomic E-state index is 11.3. The Kier molecular flexibility index (Phi) is 3.54. The highest BCUT2D eigenvalue weighted by Crippen LogP contribution is 2.32. The molecule has 1 aliphatic heterocycles. The molecule has 3 N–H and O–H groups in total. The third kappa shape index (κ3) is 2.71. The predicted molar refractivity (Wildman–Crippen MR) is 82.7 cm³/mol. The molecule has 1 saturated heterocycles. The average molecular weight is 307 g/mol. The molecule has 0 aliphatic carbocycles. The highest BCUT2D eigenvalue weighted by atomic mass is 32.1. The normalized spacial score (nSPS) is 18.2. The van der Waals surface area contributed by atoms with Crippen LogP contribution in [-0.2, 0) is 4.74 Å². The van der Waals surface area contributed by atoms with Crippen molar-refractivity contribution < 1.29 is 9.53 Å². The maximum atomic E-state index is 11.3. The van der Waals surface area contributed by atoms with E-state index >= 15 is 0 Å². The average Bonchev–Trinajstić information content (AvgIpc) is 3.03. The van der Waals surface area contributed by atoms with Crippen LogP contribution in [0.2, 0.25) is 0 Å². The molecule has 21 heavy (non-hydrogen) atoms. The number of nitrogen functional groups attached to an aromatic ring is 1. The van der Waals surface area contributed by atoms with Crippen LogP contribution in [0.3, 0.4) is 0 Å². The monoisotopic (exact) mass is 307 g/mol. The molecule has 1 aliphatic rings. The number of aromatic nitrogens is 2. The van der Waals surface area contributed by atoms with E-state index in [0.29, 0.717) is 6.54 Å². The van der Waals surface area contributed by atoms with Gasteiger partial charge in [0.2, 0.25) is 5.95 Å². The van der Waals surface area contributed by atoms with Crippen molar-refractivity contribution in [1.29, 1.82) is 0 Å². The lowest BCUT2D eigenvalue weighted by atomic mass is 10.3. The zero-order valence-electron chi connectivity index (χ0n) is 11.9. The van der Waals surface area contributed by atoms with Gasteiger partial charge in [0.1, 0.15) is 10.6 Å². The molecule has 0 radical (unpaired) electrons. The number of hydrogen-bond acceptors (Lipinski definition) is 7. The summed E-state index contributed by atoms with van der Waals surface area (Å²) in [5.41, 5.74) is 5.81. The molecule has 112 valence electrons. The van der Waals surface area contributed by atoms with Crippen LogP contribution in [0.5, 0.6) is 0 Å². The number of nitrogens with zero attached hydrogens (tertiary/aromatic N) is 3. The summed E-state index contributed by atoms with van der Waals surface area (Å²) in [7, 11) is 1.37. The quantitative estimate of drug-likeness (QED) is 0.873. The number of alkyl carbamates (subject to hydrolysis) is 1. The van der Waals surface area contributed by atoms with Crippen LogP contribution in [0.4, 0.5) is 16.6 Å². The number of hydrogen-bond donors (Lipinski definition) is 2. The van der Waals surface area contributed by atoms with Crippen LogP contribution < -0.4 is 16.0 Å². The third-order valence-electron chi connectivity index (χ3n) is 3.51. The largest absolute Gasteiger partial charge is 0.453 e. The number of nitrogens with one attached hydrogen (secondary N) is 1. The number of thiophene rings is 1. The molecular weight excluding hydrogens is 290 g/mol. The Bertz CT molecular complexity index is 686. The molecule has 1 atom stereocenters. The number of anilines is 2. The molecule has 0 aromatic carbocycles. The van der Waals surface area contributed by atoms with Crippen molar-refractivity contribution in [2.75, 3.05) is 30.8 Å². The van der Waals surface area contributed by atoms with Crippen LogP contribution >= 0.6 is 11.3 Å². The van der Waals surface area contributed by atoms with Crippen molar-refractivity contribution >= 4 is 39.4 Å². The standard InChI is InChI=1S/C13H17N5O2S/c1-7-5-9-10(16-12(14)17-11(9)21-7)18-4-3-8(6-18)15-13(19)20-2/h5,8H,3-4,6H2,1-2H3,(H,15,19)(H2,14,16,17). The summed E-state index contributed by atoms with van der Waals surface area (Å²) < 4.78 is 4.63. The van der Waals surface area contributed by atoms with Gasteiger partial charge in [-0.1, -0.05) is 0 Å². The van der Waals surface area contributed by atoms with Gasteiger partial charge in [-0.3, -0.25) is 0 Å². The molecule has 1 unspecified atom stereocenters. The zero-order valence-corrected chi connectivity index (χ0v) is 12.7. The molecule has 0 saturated carbocycles. The second kappa shape index (κ2) is 5.36. The number of ether oxygens (including phenoxy) is 1. The first-order valence-corrected chi connectivity index (χ1v) is 7.51. The summed E-state index contributed by atoms with van der Waals surface area (Å²) >= 11 is 1.61. The van der Waals surface area contributed by atoms with Gasteiger partial charge in [-0.05, 0) is 19.4 Å². The van der Waals surface area contributed by atoms with Crippen molar-refractivity contribution in [3.05, 3.63) is 10.9 Å². The van der Waals surface area contributed by atoms with Gasteiger partial charge in [0.05, 0.1) is 18.5 Å². The Hall–Kier alpha value is -2.09. The highest BCUT2D eigenvalue weighted by Gasteiger charge is 2.27. The molecule has 3 heterocycles. The number of aryl methyl sites for hydroxylation is 1. The number of fused-ring (bicyclic) bond motifs is 1. The summed E-state index contributed by atoms with van der Waals surface area (Å²) in [5.74, 6) is 1.12. The summed E-state index contributed by atoms with van der Waals surface area (Å²) in [6.45, 7) is 3.54. The number of rotatable bonds is 2. The Balaban J connectivity index is 1.86. The third-order valence-corrected chi connectivity index (χ3v) is 4.45. The second-order valence-electron chi connectivity index (χ2n) is 5.05. The number of methoxy groups -OCH3 is 1. The van der Waals surface area contributed by atoms with E-state index in [2.05, 4.69) is 31.0 Å². The van der Waals surface area contributed by atoms with E-state index in [1.165, 1.54) is 12.0 Å². The van der Waals surface area contributed by atoms with E-state index < -0.39 is 6.09 Å². The van der Waals surface area contributed by atoms with Crippen LogP contribution in [0.25, 0.3) is 10.2 Å². The fourth-order valence-electron chi connectivity index (χ4n) is 2.58. The van der Waals surface area contributed by atoms with Crippen LogP contribution in [0.15, 0.2) is 6.07 Å². The van der Waals surface area contributed by atoms with Crippen LogP contribution in [0.1, 0.15) is 11.3 Å². The minimum Gasteiger partial charge on any atom is -0.453 e. The summed E-state index contributed by atoms with van der Waals surface area (Å²) in [5, 5.41) is 3.84. The lowest BCUT2D eigenvalue weighted by molar-refractivity contribution is 0.167. The Morgan fingerprint density at radius 2 is 2.38 bits per heavy atom. The maximum Gasteiger partial charge on any atom is 0.407 e. The number of nitrogens with two attached hydrogens (primary N) is 1. The Labute approximate surface area is 126 Å². The van der Waals surface area contributed by atoms with E-state index in [9.17, 15) is 4.79 Å². The highest BCUT2D eigenvalue weighted by molar-refractivity contribution is 7.18. The number of carbonyl (C=O) groups excluding carboxylic acids is 1. The fraction of sp³-hybridized carbons (Fsp3) is 0.462. The molecule has 1 amide bonds. The number of amides is 1. The lowest BCUT2D eigenvalue weighted by Gasteiger charge is -2.18. The Morgan fingerprint density at radius 3 is 3.14 bits per heavy atom. The van der Waals surface area contributed by atoms with E-state index in [1.807, 2.05) is 6.92 Å². The van der Waals surface area contributed by atoms with Gasteiger partial charge < -0.3 is 20.7 Å². The first-order chi connectivity index (χ1) is 10.1. The molecule has 1 fully saturated rings. The molecule has 7 nitrogen and oxygen atoms in total.